The molecule has 7 heteroatoms. The minimum Gasteiger partial charge on any atom is -0.462 e. The highest BCUT2D eigenvalue weighted by molar-refractivity contribution is 5.79. The lowest BCUT2D eigenvalue weighted by Gasteiger charge is -2.26. The maximum Gasteiger partial charge on any atom is 0.308 e. The Kier molecular flexibility index (Phi) is 6.37. The van der Waals surface area contributed by atoms with E-state index in [0.717, 1.165) is 22.6 Å². The fraction of sp³-hybridized carbons (Fsp3) is 0.360. The van der Waals surface area contributed by atoms with Gasteiger partial charge in [0, 0.05) is 36.4 Å². The predicted molar refractivity (Wildman–Crippen MR) is 117 cm³/mol. The first-order valence-corrected chi connectivity index (χ1v) is 10.8. The number of esters is 1. The lowest BCUT2D eigenvalue weighted by molar-refractivity contribution is -0.160. The van der Waals surface area contributed by atoms with Gasteiger partial charge in [0.2, 0.25) is 0 Å². The molecule has 1 aromatic heterocycles. The number of benzene rings is 2. The summed E-state index contributed by atoms with van der Waals surface area (Å²) in [7, 11) is 0. The molecule has 0 spiro atoms. The molecule has 5 nitrogen and oxygen atoms in total. The average molecular weight is 440 g/mol. The van der Waals surface area contributed by atoms with Crippen molar-refractivity contribution >= 4 is 5.97 Å². The summed E-state index contributed by atoms with van der Waals surface area (Å²) in [6.07, 6.45) is -0.151. The van der Waals surface area contributed by atoms with Crippen LogP contribution in [0.2, 0.25) is 0 Å². The van der Waals surface area contributed by atoms with Crippen LogP contribution in [0.5, 0.6) is 0 Å². The molecule has 1 saturated heterocycles. The molecule has 2 heterocycles. The lowest BCUT2D eigenvalue weighted by Crippen LogP contribution is -2.33. The van der Waals surface area contributed by atoms with Crippen LogP contribution in [0.1, 0.15) is 44.9 Å². The summed E-state index contributed by atoms with van der Waals surface area (Å²) in [6, 6.07) is 12.3. The Morgan fingerprint density at radius 1 is 1.06 bits per heavy atom. The third kappa shape index (κ3) is 4.72. The van der Waals surface area contributed by atoms with Crippen molar-refractivity contribution in [3.63, 3.8) is 0 Å². The minimum atomic E-state index is -0.694. The molecule has 0 bridgehead atoms. The summed E-state index contributed by atoms with van der Waals surface area (Å²) < 4.78 is 34.7. The average Bonchev–Trinajstić information content (AvgIpc) is 3.12. The molecule has 32 heavy (non-hydrogen) atoms. The number of aromatic nitrogens is 2. The molecule has 0 unspecified atom stereocenters. The molecule has 0 saturated carbocycles. The van der Waals surface area contributed by atoms with Crippen molar-refractivity contribution in [2.75, 3.05) is 0 Å². The normalized spacial score (nSPS) is 18.8. The van der Waals surface area contributed by atoms with E-state index in [1.807, 2.05) is 13.8 Å². The molecule has 3 aromatic rings. The van der Waals surface area contributed by atoms with E-state index in [2.05, 4.69) is 4.57 Å². The zero-order valence-electron chi connectivity index (χ0n) is 18.1. The van der Waals surface area contributed by atoms with Crippen molar-refractivity contribution in [2.45, 2.75) is 57.8 Å². The Bertz CT molecular complexity index is 1090. The molecule has 0 radical (unpaired) electrons. The zero-order valence-corrected chi connectivity index (χ0v) is 18.1. The summed E-state index contributed by atoms with van der Waals surface area (Å²) in [5.74, 6) is -0.156. The van der Waals surface area contributed by atoms with Crippen LogP contribution in [0.25, 0.3) is 22.5 Å². The number of halogens is 2. The highest BCUT2D eigenvalue weighted by Crippen LogP contribution is 2.36. The summed E-state index contributed by atoms with van der Waals surface area (Å²) in [6.45, 7) is 4.57. The number of carbonyl (C=O) groups is 1. The maximum atomic E-state index is 13.6. The first-order valence-electron chi connectivity index (χ1n) is 10.8. The lowest BCUT2D eigenvalue weighted by atomic mass is 10.0. The number of nitrogens with zero attached hydrogens (tertiary/aromatic N) is 2. The van der Waals surface area contributed by atoms with Crippen molar-refractivity contribution in [2.24, 2.45) is 0 Å². The van der Waals surface area contributed by atoms with Gasteiger partial charge >= 0.3 is 5.97 Å². The molecule has 1 aliphatic rings. The van der Waals surface area contributed by atoms with Crippen molar-refractivity contribution in [1.82, 2.24) is 9.55 Å². The zero-order chi connectivity index (χ0) is 22.8. The van der Waals surface area contributed by atoms with E-state index in [1.54, 1.807) is 24.3 Å². The molecule has 0 amide bonds. The standard InChI is InChI=1S/C25H26F2N2O3/c1-15(2)25-28-23(16-3-7-18(26)8-4-16)24(17-5-9-19(27)10-6-17)29(25)12-11-21-13-20(30)14-22(31)32-21/h3-10,15,20-21,30H,11-14H2,1-2H3/t20-,21-/m1/s1. The highest BCUT2D eigenvalue weighted by atomic mass is 19.1. The van der Waals surface area contributed by atoms with Gasteiger partial charge in [-0.2, -0.15) is 0 Å². The van der Waals surface area contributed by atoms with Crippen molar-refractivity contribution < 1.29 is 23.4 Å². The second kappa shape index (κ2) is 9.20. The number of ether oxygens (including phenoxy) is 1. The summed E-state index contributed by atoms with van der Waals surface area (Å²) in [5, 5.41) is 9.94. The van der Waals surface area contributed by atoms with Gasteiger partial charge in [-0.25, -0.2) is 13.8 Å². The summed E-state index contributed by atoms with van der Waals surface area (Å²) >= 11 is 0. The van der Waals surface area contributed by atoms with E-state index in [9.17, 15) is 18.7 Å². The SMILES string of the molecule is CC(C)c1nc(-c2ccc(F)cc2)c(-c2ccc(F)cc2)n1CC[C@@H]1C[C@@H](O)CC(=O)O1. The van der Waals surface area contributed by atoms with Crippen LogP contribution in [0, 0.1) is 11.6 Å². The molecular weight excluding hydrogens is 414 g/mol. The molecule has 2 aromatic carbocycles. The van der Waals surface area contributed by atoms with Crippen LogP contribution in [0.3, 0.4) is 0 Å². The molecule has 2 atom stereocenters. The van der Waals surface area contributed by atoms with Crippen LogP contribution >= 0.6 is 0 Å². The largest absolute Gasteiger partial charge is 0.462 e. The van der Waals surface area contributed by atoms with Gasteiger partial charge in [-0.05, 0) is 48.5 Å². The third-order valence-corrected chi connectivity index (χ3v) is 5.66. The Morgan fingerprint density at radius 3 is 2.22 bits per heavy atom. The molecule has 1 fully saturated rings. The third-order valence-electron chi connectivity index (χ3n) is 5.66. The number of hydrogen-bond acceptors (Lipinski definition) is 4. The van der Waals surface area contributed by atoms with Crippen molar-refractivity contribution in [3.05, 3.63) is 66.0 Å². The van der Waals surface area contributed by atoms with Gasteiger partial charge in [-0.15, -0.1) is 0 Å². The second-order valence-corrected chi connectivity index (χ2v) is 8.48. The van der Waals surface area contributed by atoms with Gasteiger partial charge < -0.3 is 14.4 Å². The van der Waals surface area contributed by atoms with E-state index in [-0.39, 0.29) is 30.1 Å². The minimum absolute atomic E-state index is 0.0222. The Hall–Kier alpha value is -3.06. The Balaban J connectivity index is 1.78. The fourth-order valence-corrected chi connectivity index (χ4v) is 4.16. The fourth-order valence-electron chi connectivity index (χ4n) is 4.16. The van der Waals surface area contributed by atoms with Gasteiger partial charge in [-0.3, -0.25) is 4.79 Å². The molecule has 1 N–H and O–H groups in total. The van der Waals surface area contributed by atoms with Crippen LogP contribution < -0.4 is 0 Å². The highest BCUT2D eigenvalue weighted by Gasteiger charge is 2.28. The summed E-state index contributed by atoms with van der Waals surface area (Å²) in [5.41, 5.74) is 3.01. The first kappa shape index (κ1) is 22.1. The monoisotopic (exact) mass is 440 g/mol. The van der Waals surface area contributed by atoms with Gasteiger partial charge in [0.1, 0.15) is 23.6 Å². The quantitative estimate of drug-likeness (QED) is 0.543. The molecule has 0 aliphatic carbocycles. The van der Waals surface area contributed by atoms with E-state index >= 15 is 0 Å². The molecule has 168 valence electrons. The smallest absolute Gasteiger partial charge is 0.308 e. The molecule has 1 aliphatic heterocycles. The van der Waals surface area contributed by atoms with Gasteiger partial charge in [0.25, 0.3) is 0 Å². The van der Waals surface area contributed by atoms with Crippen LogP contribution in [-0.4, -0.2) is 32.8 Å². The van der Waals surface area contributed by atoms with E-state index < -0.39 is 12.1 Å². The number of aliphatic hydroxyl groups is 1. The van der Waals surface area contributed by atoms with Crippen LogP contribution in [-0.2, 0) is 16.1 Å². The van der Waals surface area contributed by atoms with E-state index in [1.165, 1.54) is 24.3 Å². The van der Waals surface area contributed by atoms with E-state index in [4.69, 9.17) is 9.72 Å². The first-order chi connectivity index (χ1) is 15.3. The van der Waals surface area contributed by atoms with E-state index in [0.29, 0.717) is 25.1 Å². The molecular formula is C25H26F2N2O3. The number of carbonyl (C=O) groups excluding carboxylic acids is 1. The van der Waals surface area contributed by atoms with Gasteiger partial charge in [0.15, 0.2) is 0 Å². The Labute approximate surface area is 185 Å². The number of imidazole rings is 1. The number of cyclic esters (lactones) is 1. The van der Waals surface area contributed by atoms with Gasteiger partial charge in [0.05, 0.1) is 23.9 Å². The summed E-state index contributed by atoms with van der Waals surface area (Å²) in [4.78, 5) is 16.6. The number of rotatable bonds is 6. The molecule has 4 rings (SSSR count). The second-order valence-electron chi connectivity index (χ2n) is 8.48. The number of aliphatic hydroxyl groups excluding tert-OH is 1. The van der Waals surface area contributed by atoms with Crippen molar-refractivity contribution in [3.8, 4) is 22.5 Å². The van der Waals surface area contributed by atoms with Crippen molar-refractivity contribution in [1.29, 1.82) is 0 Å². The maximum absolute atomic E-state index is 13.6. The van der Waals surface area contributed by atoms with Crippen LogP contribution in [0.4, 0.5) is 8.78 Å². The predicted octanol–water partition coefficient (Wildman–Crippen LogP) is 5.08. The number of hydrogen-bond donors (Lipinski definition) is 1. The van der Waals surface area contributed by atoms with Gasteiger partial charge in [-0.1, -0.05) is 13.8 Å². The Morgan fingerprint density at radius 2 is 1.66 bits per heavy atom. The topological polar surface area (TPSA) is 64.3 Å². The van der Waals surface area contributed by atoms with Crippen LogP contribution in [0.15, 0.2) is 48.5 Å².